The molecule has 4 aliphatic carbocycles. The van der Waals surface area contributed by atoms with Gasteiger partial charge in [-0.3, -0.25) is 28.8 Å². The molecule has 4 aromatic rings. The lowest BCUT2D eigenvalue weighted by atomic mass is 9.71. The SMILES string of the molecule is CCOC(=O)Cn1c2ccc1C(=C1C=C(C(C)(C)C)C(=O)C(C(C)(C)C)=C1)c1ccc([nH]1)C(=C1C=C(C(C)(C)C)C(=O)C(C(C)(C)C)=C1)c1ccc(n1CC(=O)OCC)C(=C1C=C(C(C)(C)C)C(=O)C(C(C)(C)C)=C1)c1ccc([nH]1)C2=C1C=C(C(C)(C)C)C(=O)C(C(C)(C)C)=C1. The number of aromatic amines is 2. The third kappa shape index (κ3) is 14.0. The van der Waals surface area contributed by atoms with Crippen molar-refractivity contribution in [3.8, 4) is 0 Å². The predicted molar refractivity (Wildman–Crippen MR) is 388 cm³/mol. The largest absolute Gasteiger partial charge is 0.465 e. The fourth-order valence-corrected chi connectivity index (χ4v) is 13.5. The van der Waals surface area contributed by atoms with E-state index in [9.17, 15) is 9.59 Å². The van der Waals surface area contributed by atoms with Crippen LogP contribution in [0.2, 0.25) is 0 Å². The number of H-pyrrole nitrogens is 2. The lowest BCUT2D eigenvalue weighted by molar-refractivity contribution is -0.144. The van der Waals surface area contributed by atoms with Crippen LogP contribution in [0.15, 0.2) is 164 Å². The topological polar surface area (TPSA) is 162 Å². The zero-order valence-electron chi connectivity index (χ0n) is 62.2. The van der Waals surface area contributed by atoms with Crippen LogP contribution in [-0.4, -0.2) is 67.4 Å². The van der Waals surface area contributed by atoms with Crippen molar-refractivity contribution in [2.24, 2.45) is 43.3 Å². The van der Waals surface area contributed by atoms with Crippen molar-refractivity contribution in [2.75, 3.05) is 13.2 Å². The fraction of sp³-hybridized carbons (Fsp3) is 0.452. The molecule has 0 radical (unpaired) electrons. The summed E-state index contributed by atoms with van der Waals surface area (Å²) in [6.45, 7) is 52.6. The van der Waals surface area contributed by atoms with E-state index in [0.717, 1.165) is 22.3 Å². The number of hydrogen-bond acceptors (Lipinski definition) is 8. The zero-order valence-corrected chi connectivity index (χ0v) is 62.2. The van der Waals surface area contributed by atoms with E-state index in [1.807, 2.05) is 106 Å². The molecule has 8 bridgehead atoms. The molecule has 0 spiro atoms. The number of carbonyl (C=O) groups is 6. The van der Waals surface area contributed by atoms with Crippen molar-refractivity contribution in [3.05, 3.63) is 210 Å². The Bertz CT molecular complexity index is 3710. The molecule has 0 aromatic carbocycles. The van der Waals surface area contributed by atoms with Gasteiger partial charge in [0, 0.05) is 89.7 Å². The Labute approximate surface area is 571 Å². The highest BCUT2D eigenvalue weighted by Gasteiger charge is 2.42. The van der Waals surface area contributed by atoms with E-state index in [4.69, 9.17) is 9.47 Å². The first-order chi connectivity index (χ1) is 44.1. The van der Waals surface area contributed by atoms with E-state index < -0.39 is 55.3 Å². The van der Waals surface area contributed by atoms with Crippen molar-refractivity contribution in [3.63, 3.8) is 0 Å². The van der Waals surface area contributed by atoms with Crippen LogP contribution >= 0.6 is 0 Å². The first-order valence-electron chi connectivity index (χ1n) is 34.1. The number of carbonyl (C=O) groups excluding carboxylic acids is 6. The van der Waals surface area contributed by atoms with Gasteiger partial charge in [-0.2, -0.15) is 0 Å². The summed E-state index contributed by atoms with van der Waals surface area (Å²) >= 11 is 0. The van der Waals surface area contributed by atoms with Gasteiger partial charge in [-0.1, -0.05) is 166 Å². The number of ketones is 4. The van der Waals surface area contributed by atoms with Crippen LogP contribution in [0.3, 0.4) is 0 Å². The molecule has 0 amide bonds. The van der Waals surface area contributed by atoms with Crippen LogP contribution in [0.1, 0.15) is 226 Å². The maximum absolute atomic E-state index is 15.0. The molecule has 508 valence electrons. The van der Waals surface area contributed by atoms with Crippen LogP contribution in [0.5, 0.6) is 0 Å². The molecule has 4 aromatic heterocycles. The molecule has 12 nitrogen and oxygen atoms in total. The lowest BCUT2D eigenvalue weighted by Gasteiger charge is -2.32. The first-order valence-corrected chi connectivity index (χ1v) is 34.1. The average Bonchev–Trinajstić information content (AvgIpc) is 1.44. The normalized spacial score (nSPS) is 17.5. The molecule has 0 saturated heterocycles. The Morgan fingerprint density at radius 2 is 0.469 bits per heavy atom. The Hall–Kier alpha value is -8.38. The monoisotopic (exact) mass is 1300 g/mol. The van der Waals surface area contributed by atoms with E-state index in [2.05, 4.69) is 176 Å². The van der Waals surface area contributed by atoms with Crippen LogP contribution in [0, 0.1) is 43.3 Å². The van der Waals surface area contributed by atoms with Gasteiger partial charge in [0.2, 0.25) is 0 Å². The Balaban J connectivity index is 1.63. The summed E-state index contributed by atoms with van der Waals surface area (Å²) in [5.41, 5.74) is 10.7. The summed E-state index contributed by atoms with van der Waals surface area (Å²) in [6, 6.07) is 16.3. The molecule has 0 fully saturated rings. The molecule has 0 unspecified atom stereocenters. The summed E-state index contributed by atoms with van der Waals surface area (Å²) in [5.74, 6) is -1.14. The number of ether oxygens (including phenoxy) is 2. The van der Waals surface area contributed by atoms with E-state index >= 15 is 19.2 Å². The zero-order chi connectivity index (χ0) is 71.4. The lowest BCUT2D eigenvalue weighted by Crippen LogP contribution is -2.28. The number of esters is 2. The maximum atomic E-state index is 15.0. The Morgan fingerprint density at radius 3 is 0.615 bits per heavy atom. The highest BCUT2D eigenvalue weighted by molar-refractivity contribution is 6.16. The van der Waals surface area contributed by atoms with E-state index in [-0.39, 0.29) is 49.4 Å². The quantitative estimate of drug-likeness (QED) is 0.159. The number of nitrogens with one attached hydrogen (secondary N) is 2. The van der Waals surface area contributed by atoms with Gasteiger partial charge >= 0.3 is 11.9 Å². The van der Waals surface area contributed by atoms with Gasteiger partial charge in [0.1, 0.15) is 13.1 Å². The molecular formula is C84H104N4O8. The van der Waals surface area contributed by atoms with Crippen molar-refractivity contribution < 1.29 is 38.2 Å². The van der Waals surface area contributed by atoms with E-state index in [1.54, 1.807) is 13.8 Å². The van der Waals surface area contributed by atoms with Crippen molar-refractivity contribution >= 4 is 57.4 Å². The van der Waals surface area contributed by atoms with Gasteiger partial charge in [-0.25, -0.2) is 0 Å². The molecule has 96 heavy (non-hydrogen) atoms. The summed E-state index contributed by atoms with van der Waals surface area (Å²) in [4.78, 5) is 97.7. The molecular weight excluding hydrogens is 1190 g/mol. The van der Waals surface area contributed by atoms with Gasteiger partial charge in [0.25, 0.3) is 0 Å². The van der Waals surface area contributed by atoms with Crippen molar-refractivity contribution in [2.45, 2.75) is 193 Å². The Morgan fingerprint density at radius 1 is 0.302 bits per heavy atom. The summed E-state index contributed by atoms with van der Waals surface area (Å²) in [7, 11) is 0. The minimum atomic E-state index is -0.609. The number of Topliss-reactive ketones (excluding diaryl/α,β-unsaturated/α-hetero) is 4. The van der Waals surface area contributed by atoms with Crippen LogP contribution in [0.25, 0.3) is 22.3 Å². The number of rotatable bonds is 6. The molecule has 2 N–H and O–H groups in total. The molecule has 5 heterocycles. The van der Waals surface area contributed by atoms with E-state index in [0.29, 0.717) is 112 Å². The van der Waals surface area contributed by atoms with Gasteiger partial charge in [0.15, 0.2) is 23.1 Å². The fourth-order valence-electron chi connectivity index (χ4n) is 13.5. The van der Waals surface area contributed by atoms with Gasteiger partial charge < -0.3 is 28.6 Å². The van der Waals surface area contributed by atoms with Gasteiger partial charge in [-0.15, -0.1) is 0 Å². The van der Waals surface area contributed by atoms with Gasteiger partial charge in [0.05, 0.1) is 36.0 Å². The molecule has 1 aliphatic heterocycles. The molecule has 0 atom stereocenters. The third-order valence-corrected chi connectivity index (χ3v) is 18.6. The number of aromatic nitrogens is 4. The molecule has 9 rings (SSSR count). The van der Waals surface area contributed by atoms with Crippen molar-refractivity contribution in [1.29, 1.82) is 0 Å². The minimum Gasteiger partial charge on any atom is -0.465 e. The Kier molecular flexibility index (Phi) is 18.7. The van der Waals surface area contributed by atoms with Crippen LogP contribution in [0.4, 0.5) is 0 Å². The summed E-state index contributed by atoms with van der Waals surface area (Å²) in [6.07, 6.45) is 16.0. The first kappa shape index (κ1) is 71.9. The highest BCUT2D eigenvalue weighted by atomic mass is 16.5. The standard InChI is InChI=1S/C84H104N4O8/c1-27-95-67(89)45-87-63-33-34-64(87)70(48-39-53(79(9,10)11)74(92)54(40-48)80(12,13)14)60-30-32-62(86-60)72(50-43-57(83(21,22)23)76(94)58(44-50)84(24,25)26)66-36-35-65(88(66)46-68(90)96-28-2)71(49-41-55(81(15,16)17)75(93)56(42-49)82(18,19)20)61-31-29-59(85-61)69(63)47-37-51(77(3,4)5)73(91)52(38-47)78(6,7)8/h29-44,85-86H,27-28,45-46H2,1-26H3. The van der Waals surface area contributed by atoms with E-state index in [1.165, 1.54) is 0 Å². The predicted octanol–water partition coefficient (Wildman–Crippen LogP) is 18.7. The third-order valence-electron chi connectivity index (χ3n) is 18.6. The van der Waals surface area contributed by atoms with Crippen molar-refractivity contribution in [1.82, 2.24) is 19.1 Å². The minimum absolute atomic E-state index is 0.0454. The second-order valence-electron chi connectivity index (χ2n) is 34.7. The smallest absolute Gasteiger partial charge is 0.325 e. The second-order valence-corrected chi connectivity index (χ2v) is 34.7. The summed E-state index contributed by atoms with van der Waals surface area (Å²) < 4.78 is 15.9. The number of nitrogens with zero attached hydrogens (tertiary/aromatic N) is 2. The summed E-state index contributed by atoms with van der Waals surface area (Å²) in [5, 5.41) is 0. The van der Waals surface area contributed by atoms with Gasteiger partial charge in [-0.05, 0) is 177 Å². The molecule has 12 heteroatoms. The van der Waals surface area contributed by atoms with Crippen LogP contribution in [-0.2, 0) is 51.3 Å². The average molecular weight is 1300 g/mol. The second kappa shape index (κ2) is 24.9. The highest BCUT2D eigenvalue weighted by Crippen LogP contribution is 2.50. The number of hydrogen-bond donors (Lipinski definition) is 2. The maximum Gasteiger partial charge on any atom is 0.325 e. The number of allylic oxidation sites excluding steroid dienone is 20. The molecule has 0 saturated carbocycles. The molecule has 5 aliphatic rings. The number of fused-ring (bicyclic) bond motifs is 8. The van der Waals surface area contributed by atoms with Crippen LogP contribution < -0.4 is 0 Å².